The number of hydrogen-bond acceptors (Lipinski definition) is 9. The number of carboxylic acids is 1. The molecule has 4 aliphatic carbocycles. The molecule has 0 aromatic heterocycles. The first-order chi connectivity index (χ1) is 18.8. The van der Waals surface area contributed by atoms with E-state index in [9.17, 15) is 39.9 Å². The zero-order valence-electron chi connectivity index (χ0n) is 24.9. The average molecular weight is 581 g/mol. The van der Waals surface area contributed by atoms with Crippen LogP contribution in [0.15, 0.2) is 11.6 Å². The zero-order valence-corrected chi connectivity index (χ0v) is 24.9. The molecule has 0 aliphatic heterocycles. The number of aliphatic hydroxyl groups excluding tert-OH is 2. The van der Waals surface area contributed by atoms with Crippen LogP contribution in [0.1, 0.15) is 98.8 Å². The van der Waals surface area contributed by atoms with Gasteiger partial charge >= 0.3 is 11.9 Å². The molecule has 0 amide bonds. The lowest BCUT2D eigenvalue weighted by molar-refractivity contribution is -0.184. The molecule has 0 heterocycles. The lowest BCUT2D eigenvalue weighted by atomic mass is 9.45. The van der Waals surface area contributed by atoms with E-state index in [2.05, 4.69) is 0 Å². The van der Waals surface area contributed by atoms with Gasteiger partial charge in [-0.25, -0.2) is 0 Å². The normalized spacial score (nSPS) is 40.9. The van der Waals surface area contributed by atoms with Crippen molar-refractivity contribution < 1.29 is 49.8 Å². The van der Waals surface area contributed by atoms with Crippen molar-refractivity contribution in [2.75, 3.05) is 0 Å². The Labute approximate surface area is 241 Å². The van der Waals surface area contributed by atoms with Crippen LogP contribution in [0.3, 0.4) is 0 Å². The van der Waals surface area contributed by atoms with Gasteiger partial charge in [0.15, 0.2) is 5.78 Å². The van der Waals surface area contributed by atoms with E-state index < -0.39 is 69.7 Å². The SMILES string of the molecule is CC(C)(O)CC[C@@H](O)[C@](C)(O)[C@H]1CCC2(O)C3=CC(=O)[C@@H]4C[C@@H](O)[C@@H](OC(=O)CCC(=O)O)C[C@]4(C)[C@@H]3CC[C@]12C. The minimum Gasteiger partial charge on any atom is -0.481 e. The van der Waals surface area contributed by atoms with Crippen LogP contribution in [0.4, 0.5) is 0 Å². The second-order valence-corrected chi connectivity index (χ2v) is 14.5. The van der Waals surface area contributed by atoms with E-state index in [0.29, 0.717) is 37.7 Å². The number of ether oxygens (including phenoxy) is 1. The molecule has 4 rings (SSSR count). The maximum atomic E-state index is 13.6. The average Bonchev–Trinajstić information content (AvgIpc) is 3.14. The Hall–Kier alpha value is -1.85. The Morgan fingerprint density at radius 2 is 1.76 bits per heavy atom. The summed E-state index contributed by atoms with van der Waals surface area (Å²) in [5.41, 5.74) is -4.84. The van der Waals surface area contributed by atoms with Gasteiger partial charge in [0, 0.05) is 11.3 Å². The summed E-state index contributed by atoms with van der Waals surface area (Å²) in [6.07, 6.45) is 0.485. The highest BCUT2D eigenvalue weighted by Gasteiger charge is 2.69. The van der Waals surface area contributed by atoms with Crippen LogP contribution in [0.2, 0.25) is 0 Å². The standard InChI is InChI=1S/C31H48O10/c1-27(2,38)11-10-24(34)30(5,39)23-9-13-31(40)18-14-20(32)19-15-21(33)22(41-26(37)7-6-25(35)36)16-28(19,3)17(18)8-12-29(23,31)4/h14,17,19,21-24,33-34,38-40H,6-13,15-16H2,1-5H3,(H,35,36)/t17-,19+,21-,22+,23+,24-,28-,29-,30-,31?/m1/s1. The number of aliphatic hydroxyl groups is 5. The molecule has 0 aromatic carbocycles. The molecule has 0 bridgehead atoms. The van der Waals surface area contributed by atoms with Crippen molar-refractivity contribution in [2.24, 2.45) is 28.6 Å². The smallest absolute Gasteiger partial charge is 0.306 e. The van der Waals surface area contributed by atoms with Crippen molar-refractivity contribution in [1.29, 1.82) is 0 Å². The Kier molecular flexibility index (Phi) is 8.37. The first kappa shape index (κ1) is 32.1. The summed E-state index contributed by atoms with van der Waals surface area (Å²) >= 11 is 0. The highest BCUT2D eigenvalue weighted by Crippen LogP contribution is 2.68. The second-order valence-electron chi connectivity index (χ2n) is 14.5. The molecular weight excluding hydrogens is 532 g/mol. The molecule has 1 unspecified atom stereocenters. The van der Waals surface area contributed by atoms with Gasteiger partial charge in [-0.15, -0.1) is 0 Å². The van der Waals surface area contributed by atoms with Gasteiger partial charge in [0.25, 0.3) is 0 Å². The van der Waals surface area contributed by atoms with Gasteiger partial charge in [0.05, 0.1) is 41.9 Å². The minimum absolute atomic E-state index is 0.104. The molecule has 10 atom stereocenters. The third-order valence-corrected chi connectivity index (χ3v) is 11.3. The fourth-order valence-electron chi connectivity index (χ4n) is 8.86. The highest BCUT2D eigenvalue weighted by atomic mass is 16.6. The molecule has 10 heteroatoms. The van der Waals surface area contributed by atoms with Crippen LogP contribution in [0, 0.1) is 28.6 Å². The minimum atomic E-state index is -1.53. The number of fused-ring (bicyclic) bond motifs is 5. The fourth-order valence-corrected chi connectivity index (χ4v) is 8.86. The van der Waals surface area contributed by atoms with Crippen molar-refractivity contribution in [3.8, 4) is 0 Å². The number of aliphatic carboxylic acids is 1. The monoisotopic (exact) mass is 580 g/mol. The molecule has 10 nitrogen and oxygen atoms in total. The molecule has 0 spiro atoms. The molecule has 3 fully saturated rings. The number of carbonyl (C=O) groups is 3. The Balaban J connectivity index is 1.60. The van der Waals surface area contributed by atoms with Gasteiger partial charge in [-0.3, -0.25) is 14.4 Å². The molecule has 3 saturated carbocycles. The predicted octanol–water partition coefficient (Wildman–Crippen LogP) is 2.27. The van der Waals surface area contributed by atoms with Crippen LogP contribution >= 0.6 is 0 Å². The van der Waals surface area contributed by atoms with Gasteiger partial charge in [-0.2, -0.15) is 0 Å². The molecular formula is C31H48O10. The van der Waals surface area contributed by atoms with Gasteiger partial charge in [-0.1, -0.05) is 13.8 Å². The lowest BCUT2D eigenvalue weighted by Crippen LogP contribution is -2.63. The van der Waals surface area contributed by atoms with Gasteiger partial charge < -0.3 is 35.4 Å². The largest absolute Gasteiger partial charge is 0.481 e. The highest BCUT2D eigenvalue weighted by molar-refractivity contribution is 5.95. The van der Waals surface area contributed by atoms with Crippen LogP contribution in [0.5, 0.6) is 0 Å². The second kappa shape index (κ2) is 10.7. The van der Waals surface area contributed by atoms with E-state index in [4.69, 9.17) is 9.84 Å². The number of carboxylic acid groups (broad SMARTS) is 1. The van der Waals surface area contributed by atoms with E-state index in [1.54, 1.807) is 26.8 Å². The Bertz CT molecular complexity index is 1090. The summed E-state index contributed by atoms with van der Waals surface area (Å²) in [6.45, 7) is 8.77. The van der Waals surface area contributed by atoms with Crippen LogP contribution in [-0.4, -0.2) is 83.5 Å². The van der Waals surface area contributed by atoms with Gasteiger partial charge in [0.1, 0.15) is 6.10 Å². The van der Waals surface area contributed by atoms with Crippen LogP contribution < -0.4 is 0 Å². The topological polar surface area (TPSA) is 182 Å². The number of hydrogen-bond donors (Lipinski definition) is 6. The predicted molar refractivity (Wildman–Crippen MR) is 147 cm³/mol. The number of carbonyl (C=O) groups excluding carboxylic acids is 2. The summed E-state index contributed by atoms with van der Waals surface area (Å²) in [5.74, 6) is -3.22. The van der Waals surface area contributed by atoms with Crippen molar-refractivity contribution in [1.82, 2.24) is 0 Å². The van der Waals surface area contributed by atoms with Crippen molar-refractivity contribution in [2.45, 2.75) is 134 Å². The maximum Gasteiger partial charge on any atom is 0.306 e. The van der Waals surface area contributed by atoms with E-state index in [0.717, 1.165) is 0 Å². The van der Waals surface area contributed by atoms with E-state index in [1.807, 2.05) is 13.8 Å². The molecule has 41 heavy (non-hydrogen) atoms. The first-order valence-electron chi connectivity index (χ1n) is 15.0. The molecule has 0 saturated heterocycles. The summed E-state index contributed by atoms with van der Waals surface area (Å²) in [5, 5.41) is 64.9. The summed E-state index contributed by atoms with van der Waals surface area (Å²) in [6, 6.07) is 0. The Morgan fingerprint density at radius 1 is 1.10 bits per heavy atom. The molecule has 6 N–H and O–H groups in total. The number of ketones is 1. The molecule has 0 radical (unpaired) electrons. The summed E-state index contributed by atoms with van der Waals surface area (Å²) in [4.78, 5) is 36.8. The van der Waals surface area contributed by atoms with E-state index >= 15 is 0 Å². The van der Waals surface area contributed by atoms with Crippen molar-refractivity contribution in [3.63, 3.8) is 0 Å². The molecule has 4 aliphatic rings. The Morgan fingerprint density at radius 3 is 2.37 bits per heavy atom. The third-order valence-electron chi connectivity index (χ3n) is 11.3. The van der Waals surface area contributed by atoms with Crippen LogP contribution in [0.25, 0.3) is 0 Å². The molecule has 0 aromatic rings. The first-order valence-corrected chi connectivity index (χ1v) is 15.0. The zero-order chi connectivity index (χ0) is 30.8. The van der Waals surface area contributed by atoms with E-state index in [-0.39, 0.29) is 43.8 Å². The van der Waals surface area contributed by atoms with E-state index in [1.165, 1.54) is 0 Å². The fraction of sp³-hybridized carbons (Fsp3) is 0.839. The number of rotatable bonds is 9. The quantitative estimate of drug-likeness (QED) is 0.221. The number of esters is 1. The number of allylic oxidation sites excluding steroid dienone is 1. The van der Waals surface area contributed by atoms with Crippen molar-refractivity contribution >= 4 is 17.7 Å². The third kappa shape index (κ3) is 5.51. The van der Waals surface area contributed by atoms with Crippen molar-refractivity contribution in [3.05, 3.63) is 11.6 Å². The molecule has 232 valence electrons. The van der Waals surface area contributed by atoms with Gasteiger partial charge in [-0.05, 0) is 101 Å². The maximum absolute atomic E-state index is 13.6. The summed E-state index contributed by atoms with van der Waals surface area (Å²) < 4.78 is 5.53. The van der Waals surface area contributed by atoms with Gasteiger partial charge in [0.2, 0.25) is 0 Å². The van der Waals surface area contributed by atoms with Crippen LogP contribution in [-0.2, 0) is 19.1 Å². The summed E-state index contributed by atoms with van der Waals surface area (Å²) in [7, 11) is 0. The lowest BCUT2D eigenvalue weighted by Gasteiger charge is -2.60.